The minimum atomic E-state index is -0.135. The summed E-state index contributed by atoms with van der Waals surface area (Å²) in [6.45, 7) is 4.50. The molecule has 5 heteroatoms. The van der Waals surface area contributed by atoms with Crippen molar-refractivity contribution in [2.45, 2.75) is 20.4 Å². The molecule has 26 heavy (non-hydrogen) atoms. The number of hydrogen-bond acceptors (Lipinski definition) is 3. The SMILES string of the molecule is Cc1ccc(OCC(=O)N(Cc2cccs2)c2ccccc2Cl)cc1C. The highest BCUT2D eigenvalue weighted by Crippen LogP contribution is 2.28. The first-order chi connectivity index (χ1) is 12.5. The molecular weight excluding hydrogens is 366 g/mol. The molecule has 0 bridgehead atoms. The van der Waals surface area contributed by atoms with Crippen LogP contribution in [0.25, 0.3) is 0 Å². The molecule has 0 radical (unpaired) electrons. The van der Waals surface area contributed by atoms with Gasteiger partial charge in [0.15, 0.2) is 6.61 Å². The Balaban J connectivity index is 1.78. The lowest BCUT2D eigenvalue weighted by Crippen LogP contribution is -2.34. The van der Waals surface area contributed by atoms with Crippen molar-refractivity contribution in [2.24, 2.45) is 0 Å². The summed E-state index contributed by atoms with van der Waals surface area (Å²) < 4.78 is 5.73. The number of benzene rings is 2. The summed E-state index contributed by atoms with van der Waals surface area (Å²) in [7, 11) is 0. The second kappa shape index (κ2) is 8.39. The van der Waals surface area contributed by atoms with E-state index in [1.807, 2.05) is 67.8 Å². The summed E-state index contributed by atoms with van der Waals surface area (Å²) >= 11 is 7.94. The van der Waals surface area contributed by atoms with Gasteiger partial charge in [-0.05, 0) is 60.7 Å². The Morgan fingerprint density at radius 3 is 2.58 bits per heavy atom. The maximum absolute atomic E-state index is 12.9. The molecule has 0 N–H and O–H groups in total. The molecular formula is C21H20ClNO2S. The van der Waals surface area contributed by atoms with E-state index in [1.54, 1.807) is 22.3 Å². The predicted molar refractivity (Wildman–Crippen MR) is 108 cm³/mol. The van der Waals surface area contributed by atoms with E-state index in [1.165, 1.54) is 5.56 Å². The summed E-state index contributed by atoms with van der Waals surface area (Å²) in [5.41, 5.74) is 3.02. The number of carbonyl (C=O) groups excluding carboxylic acids is 1. The van der Waals surface area contributed by atoms with Gasteiger partial charge in [0.05, 0.1) is 17.3 Å². The Morgan fingerprint density at radius 1 is 1.08 bits per heavy atom. The van der Waals surface area contributed by atoms with Crippen LogP contribution in [-0.4, -0.2) is 12.5 Å². The van der Waals surface area contributed by atoms with Crippen molar-refractivity contribution < 1.29 is 9.53 Å². The highest BCUT2D eigenvalue weighted by molar-refractivity contribution is 7.09. The molecule has 0 unspecified atom stereocenters. The molecule has 0 saturated carbocycles. The molecule has 134 valence electrons. The molecule has 0 aliphatic heterocycles. The molecule has 3 aromatic rings. The van der Waals surface area contributed by atoms with Crippen LogP contribution in [-0.2, 0) is 11.3 Å². The fourth-order valence-corrected chi connectivity index (χ4v) is 3.49. The van der Waals surface area contributed by atoms with E-state index in [4.69, 9.17) is 16.3 Å². The largest absolute Gasteiger partial charge is 0.484 e. The Hall–Kier alpha value is -2.30. The zero-order valence-corrected chi connectivity index (χ0v) is 16.3. The van der Waals surface area contributed by atoms with E-state index in [0.717, 1.165) is 10.4 Å². The van der Waals surface area contributed by atoms with Crippen LogP contribution in [0.4, 0.5) is 5.69 Å². The van der Waals surface area contributed by atoms with Crippen LogP contribution in [0.3, 0.4) is 0 Å². The number of anilines is 1. The monoisotopic (exact) mass is 385 g/mol. The molecule has 0 fully saturated rings. The minimum Gasteiger partial charge on any atom is -0.484 e. The van der Waals surface area contributed by atoms with Gasteiger partial charge >= 0.3 is 0 Å². The maximum atomic E-state index is 12.9. The number of aryl methyl sites for hydroxylation is 2. The normalized spacial score (nSPS) is 10.6. The quantitative estimate of drug-likeness (QED) is 0.550. The molecule has 0 saturated heterocycles. The van der Waals surface area contributed by atoms with Gasteiger partial charge in [-0.3, -0.25) is 4.79 Å². The van der Waals surface area contributed by atoms with Gasteiger partial charge in [0.2, 0.25) is 0 Å². The van der Waals surface area contributed by atoms with Crippen LogP contribution < -0.4 is 9.64 Å². The maximum Gasteiger partial charge on any atom is 0.265 e. The van der Waals surface area contributed by atoms with Gasteiger partial charge in [-0.15, -0.1) is 11.3 Å². The van der Waals surface area contributed by atoms with Gasteiger partial charge in [0.25, 0.3) is 5.91 Å². The highest BCUT2D eigenvalue weighted by atomic mass is 35.5. The molecule has 2 aromatic carbocycles. The summed E-state index contributed by atoms with van der Waals surface area (Å²) in [6.07, 6.45) is 0. The highest BCUT2D eigenvalue weighted by Gasteiger charge is 2.19. The number of rotatable bonds is 6. The first-order valence-corrected chi connectivity index (χ1v) is 9.57. The van der Waals surface area contributed by atoms with Crippen molar-refractivity contribution in [1.29, 1.82) is 0 Å². The van der Waals surface area contributed by atoms with Gasteiger partial charge in [-0.1, -0.05) is 35.9 Å². The number of halogens is 1. The van der Waals surface area contributed by atoms with Gasteiger partial charge < -0.3 is 9.64 Å². The minimum absolute atomic E-state index is 0.0426. The Bertz CT molecular complexity index is 893. The van der Waals surface area contributed by atoms with E-state index in [0.29, 0.717) is 23.0 Å². The van der Waals surface area contributed by atoms with Crippen molar-refractivity contribution in [3.8, 4) is 5.75 Å². The molecule has 3 rings (SSSR count). The lowest BCUT2D eigenvalue weighted by atomic mass is 10.1. The summed E-state index contributed by atoms with van der Waals surface area (Å²) in [5, 5.41) is 2.54. The van der Waals surface area contributed by atoms with Crippen LogP contribution in [0.1, 0.15) is 16.0 Å². The number of carbonyl (C=O) groups is 1. The van der Waals surface area contributed by atoms with Gasteiger partial charge in [0.1, 0.15) is 5.75 Å². The summed E-state index contributed by atoms with van der Waals surface area (Å²) in [4.78, 5) is 15.7. The van der Waals surface area contributed by atoms with Crippen molar-refractivity contribution >= 4 is 34.5 Å². The summed E-state index contributed by atoms with van der Waals surface area (Å²) in [6, 6.07) is 17.2. The van der Waals surface area contributed by atoms with Crippen molar-refractivity contribution in [1.82, 2.24) is 0 Å². The van der Waals surface area contributed by atoms with E-state index in [2.05, 4.69) is 0 Å². The molecule has 0 atom stereocenters. The molecule has 1 heterocycles. The van der Waals surface area contributed by atoms with E-state index in [9.17, 15) is 4.79 Å². The zero-order chi connectivity index (χ0) is 18.5. The van der Waals surface area contributed by atoms with Crippen LogP contribution >= 0.6 is 22.9 Å². The fourth-order valence-electron chi connectivity index (χ4n) is 2.56. The van der Waals surface area contributed by atoms with Crippen LogP contribution in [0, 0.1) is 13.8 Å². The third kappa shape index (κ3) is 4.45. The number of thiophene rings is 1. The second-order valence-corrected chi connectivity index (χ2v) is 7.48. The molecule has 1 amide bonds. The van der Waals surface area contributed by atoms with Crippen molar-refractivity contribution in [2.75, 3.05) is 11.5 Å². The molecule has 3 nitrogen and oxygen atoms in total. The molecule has 1 aromatic heterocycles. The van der Waals surface area contributed by atoms with E-state index < -0.39 is 0 Å². The number of nitrogens with zero attached hydrogens (tertiary/aromatic N) is 1. The van der Waals surface area contributed by atoms with Crippen molar-refractivity contribution in [3.63, 3.8) is 0 Å². The molecule has 0 aliphatic carbocycles. The van der Waals surface area contributed by atoms with Crippen molar-refractivity contribution in [3.05, 3.63) is 81.0 Å². The first kappa shape index (κ1) is 18.5. The van der Waals surface area contributed by atoms with Gasteiger partial charge in [0, 0.05) is 4.88 Å². The van der Waals surface area contributed by atoms with Crippen LogP contribution in [0.15, 0.2) is 60.0 Å². The van der Waals surface area contributed by atoms with E-state index in [-0.39, 0.29) is 12.5 Å². The third-order valence-corrected chi connectivity index (χ3v) is 5.36. The average molecular weight is 386 g/mol. The smallest absolute Gasteiger partial charge is 0.265 e. The Labute approximate surface area is 162 Å². The van der Waals surface area contributed by atoms with Crippen LogP contribution in [0.2, 0.25) is 5.02 Å². The third-order valence-electron chi connectivity index (χ3n) is 4.18. The number of amides is 1. The van der Waals surface area contributed by atoms with E-state index >= 15 is 0 Å². The number of para-hydroxylation sites is 1. The fraction of sp³-hybridized carbons (Fsp3) is 0.190. The predicted octanol–water partition coefficient (Wildman–Crippen LogP) is 5.63. The summed E-state index contributed by atoms with van der Waals surface area (Å²) in [5.74, 6) is 0.557. The van der Waals surface area contributed by atoms with Crippen LogP contribution in [0.5, 0.6) is 5.75 Å². The standard InChI is InChI=1S/C21H20ClNO2S/c1-15-9-10-17(12-16(15)2)25-14-21(24)23(13-18-6-5-11-26-18)20-8-4-3-7-19(20)22/h3-12H,13-14H2,1-2H3. The van der Waals surface area contributed by atoms with Gasteiger partial charge in [-0.25, -0.2) is 0 Å². The Morgan fingerprint density at radius 2 is 1.88 bits per heavy atom. The van der Waals surface area contributed by atoms with Gasteiger partial charge in [-0.2, -0.15) is 0 Å². The lowest BCUT2D eigenvalue weighted by molar-refractivity contribution is -0.120. The zero-order valence-electron chi connectivity index (χ0n) is 14.7. The topological polar surface area (TPSA) is 29.5 Å². The number of ether oxygens (including phenoxy) is 1. The molecule has 0 aliphatic rings. The average Bonchev–Trinajstić information content (AvgIpc) is 3.14. The Kier molecular flexibility index (Phi) is 5.96. The second-order valence-electron chi connectivity index (χ2n) is 6.05. The lowest BCUT2D eigenvalue weighted by Gasteiger charge is -2.23. The number of hydrogen-bond donors (Lipinski definition) is 0. The molecule has 0 spiro atoms. The first-order valence-electron chi connectivity index (χ1n) is 8.32.